The van der Waals surface area contributed by atoms with Crippen LogP contribution in [-0.2, 0) is 22.4 Å². The van der Waals surface area contributed by atoms with E-state index in [0.29, 0.717) is 31.8 Å². The molecule has 2 amide bonds. The molecule has 1 atom stereocenters. The molecule has 2 aromatic heterocycles. The minimum atomic E-state index is -0.0155. The molecule has 1 aliphatic heterocycles. The van der Waals surface area contributed by atoms with Crippen LogP contribution in [0, 0.1) is 5.92 Å². The van der Waals surface area contributed by atoms with Gasteiger partial charge in [0.25, 0.3) is 0 Å². The second-order valence-corrected chi connectivity index (χ2v) is 6.27. The van der Waals surface area contributed by atoms with E-state index in [2.05, 4.69) is 5.32 Å². The number of nitrogens with one attached hydrogen (secondary N) is 1. The molecule has 0 aromatic carbocycles. The maximum Gasteiger partial charge on any atom is 0.227 e. The molecule has 24 heavy (non-hydrogen) atoms. The van der Waals surface area contributed by atoms with E-state index < -0.39 is 0 Å². The first-order valence-corrected chi connectivity index (χ1v) is 8.27. The summed E-state index contributed by atoms with van der Waals surface area (Å²) < 4.78 is 9.97. The van der Waals surface area contributed by atoms with Gasteiger partial charge in [0.2, 0.25) is 11.8 Å². The first-order chi connectivity index (χ1) is 11.7. The topological polar surface area (TPSA) is 75.7 Å². The average molecular weight is 330 g/mol. The number of piperidine rings is 1. The minimum Gasteiger partial charge on any atom is -0.472 e. The number of furan rings is 2. The normalized spacial score (nSPS) is 17.7. The van der Waals surface area contributed by atoms with Gasteiger partial charge in [0.1, 0.15) is 0 Å². The lowest BCUT2D eigenvalue weighted by atomic mass is 9.97. The van der Waals surface area contributed by atoms with E-state index in [0.717, 1.165) is 30.5 Å². The third-order valence-electron chi connectivity index (χ3n) is 4.34. The van der Waals surface area contributed by atoms with E-state index in [9.17, 15) is 9.59 Å². The Kier molecular flexibility index (Phi) is 5.36. The fourth-order valence-electron chi connectivity index (χ4n) is 3.04. The van der Waals surface area contributed by atoms with Crippen molar-refractivity contribution in [2.45, 2.75) is 25.7 Å². The summed E-state index contributed by atoms with van der Waals surface area (Å²) in [6.45, 7) is 2.09. The van der Waals surface area contributed by atoms with Crippen molar-refractivity contribution in [2.24, 2.45) is 5.92 Å². The van der Waals surface area contributed by atoms with Gasteiger partial charge in [-0.25, -0.2) is 0 Å². The Morgan fingerprint density at radius 1 is 1.12 bits per heavy atom. The molecule has 1 fully saturated rings. The summed E-state index contributed by atoms with van der Waals surface area (Å²) in [5, 5.41) is 2.96. The summed E-state index contributed by atoms with van der Waals surface area (Å²) in [7, 11) is 0. The molecule has 0 spiro atoms. The summed E-state index contributed by atoms with van der Waals surface area (Å²) in [6.07, 6.45) is 9.03. The van der Waals surface area contributed by atoms with Crippen molar-refractivity contribution in [1.82, 2.24) is 10.2 Å². The number of hydrogen-bond acceptors (Lipinski definition) is 4. The molecule has 6 nitrogen and oxygen atoms in total. The highest BCUT2D eigenvalue weighted by atomic mass is 16.3. The van der Waals surface area contributed by atoms with E-state index in [-0.39, 0.29) is 11.8 Å². The van der Waals surface area contributed by atoms with Gasteiger partial charge < -0.3 is 19.1 Å². The van der Waals surface area contributed by atoms with Crippen molar-refractivity contribution in [2.75, 3.05) is 19.6 Å². The predicted octanol–water partition coefficient (Wildman–Crippen LogP) is 2.01. The van der Waals surface area contributed by atoms with Crippen LogP contribution in [0.25, 0.3) is 0 Å². The zero-order valence-electron chi connectivity index (χ0n) is 13.6. The number of likely N-dealkylation sites (tertiary alicyclic amines) is 1. The molecule has 3 rings (SSSR count). The maximum atomic E-state index is 12.3. The van der Waals surface area contributed by atoms with Crippen molar-refractivity contribution in [1.29, 1.82) is 0 Å². The predicted molar refractivity (Wildman–Crippen MR) is 87.1 cm³/mol. The first kappa shape index (κ1) is 16.4. The lowest BCUT2D eigenvalue weighted by Gasteiger charge is -2.33. The van der Waals surface area contributed by atoms with E-state index >= 15 is 0 Å². The molecule has 0 aliphatic carbocycles. The van der Waals surface area contributed by atoms with Crippen LogP contribution < -0.4 is 5.32 Å². The number of amides is 2. The van der Waals surface area contributed by atoms with Crippen molar-refractivity contribution in [3.63, 3.8) is 0 Å². The molecule has 1 saturated heterocycles. The van der Waals surface area contributed by atoms with Crippen LogP contribution >= 0.6 is 0 Å². The molecule has 0 unspecified atom stereocenters. The molecular formula is C18H22N2O4. The fourth-order valence-corrected chi connectivity index (χ4v) is 3.04. The minimum absolute atomic E-state index is 0.0155. The van der Waals surface area contributed by atoms with Gasteiger partial charge in [-0.1, -0.05) is 0 Å². The van der Waals surface area contributed by atoms with Crippen LogP contribution in [0.5, 0.6) is 0 Å². The molecule has 128 valence electrons. The van der Waals surface area contributed by atoms with Crippen molar-refractivity contribution >= 4 is 11.8 Å². The van der Waals surface area contributed by atoms with Crippen molar-refractivity contribution < 1.29 is 18.4 Å². The zero-order valence-corrected chi connectivity index (χ0v) is 13.6. The Hall–Kier alpha value is -2.50. The monoisotopic (exact) mass is 330 g/mol. The Morgan fingerprint density at radius 3 is 2.50 bits per heavy atom. The largest absolute Gasteiger partial charge is 0.472 e. The number of carbonyl (C=O) groups excluding carboxylic acids is 2. The van der Waals surface area contributed by atoms with E-state index in [4.69, 9.17) is 8.83 Å². The number of nitrogens with zero attached hydrogens (tertiary/aromatic N) is 1. The van der Waals surface area contributed by atoms with Gasteiger partial charge in [0.05, 0.1) is 37.9 Å². The molecule has 0 radical (unpaired) electrons. The number of carbonyl (C=O) groups is 2. The zero-order chi connectivity index (χ0) is 16.8. The number of hydrogen-bond donors (Lipinski definition) is 1. The maximum absolute atomic E-state index is 12.3. The Balaban J connectivity index is 1.43. The van der Waals surface area contributed by atoms with E-state index in [1.807, 2.05) is 11.0 Å². The van der Waals surface area contributed by atoms with Gasteiger partial charge in [0, 0.05) is 19.6 Å². The fraction of sp³-hybridized carbons (Fsp3) is 0.444. The standard InChI is InChI=1S/C18H22N2O4/c21-17(8-14-3-6-23-12-14)19-10-16-2-1-5-20(11-16)18(22)9-15-4-7-24-13-15/h3-4,6-7,12-13,16H,1-2,5,8-11H2,(H,19,21)/t16-/m0/s1. The summed E-state index contributed by atoms with van der Waals surface area (Å²) in [6, 6.07) is 3.60. The van der Waals surface area contributed by atoms with Crippen LogP contribution in [0.3, 0.4) is 0 Å². The molecule has 0 bridgehead atoms. The Bertz CT molecular complexity index is 649. The summed E-state index contributed by atoms with van der Waals surface area (Å²) in [5.41, 5.74) is 1.77. The molecule has 2 aromatic rings. The lowest BCUT2D eigenvalue weighted by Crippen LogP contribution is -2.44. The quantitative estimate of drug-likeness (QED) is 0.879. The smallest absolute Gasteiger partial charge is 0.227 e. The average Bonchev–Trinajstić information content (AvgIpc) is 3.27. The van der Waals surface area contributed by atoms with Crippen LogP contribution in [0.4, 0.5) is 0 Å². The second-order valence-electron chi connectivity index (χ2n) is 6.27. The van der Waals surface area contributed by atoms with E-state index in [1.165, 1.54) is 0 Å². The summed E-state index contributed by atoms with van der Waals surface area (Å²) in [4.78, 5) is 26.2. The van der Waals surface area contributed by atoms with Crippen LogP contribution in [0.1, 0.15) is 24.0 Å². The first-order valence-electron chi connectivity index (χ1n) is 8.27. The van der Waals surface area contributed by atoms with Crippen molar-refractivity contribution in [3.8, 4) is 0 Å². The van der Waals surface area contributed by atoms with Crippen LogP contribution in [0.15, 0.2) is 46.0 Å². The third-order valence-corrected chi connectivity index (χ3v) is 4.34. The van der Waals surface area contributed by atoms with Crippen LogP contribution in [0.2, 0.25) is 0 Å². The van der Waals surface area contributed by atoms with Crippen LogP contribution in [-0.4, -0.2) is 36.3 Å². The molecule has 1 aliphatic rings. The lowest BCUT2D eigenvalue weighted by molar-refractivity contribution is -0.132. The second kappa shape index (κ2) is 7.86. The summed E-state index contributed by atoms with van der Waals surface area (Å²) >= 11 is 0. The number of rotatable bonds is 6. The van der Waals surface area contributed by atoms with Gasteiger partial charge in [-0.3, -0.25) is 9.59 Å². The van der Waals surface area contributed by atoms with Gasteiger partial charge >= 0.3 is 0 Å². The molecule has 3 heterocycles. The highest BCUT2D eigenvalue weighted by molar-refractivity contribution is 5.79. The van der Waals surface area contributed by atoms with Gasteiger partial charge in [-0.2, -0.15) is 0 Å². The Morgan fingerprint density at radius 2 is 1.83 bits per heavy atom. The SMILES string of the molecule is O=C(Cc1ccoc1)NC[C@@H]1CCCN(C(=O)Cc2ccoc2)C1. The van der Waals surface area contributed by atoms with E-state index in [1.54, 1.807) is 31.1 Å². The highest BCUT2D eigenvalue weighted by Gasteiger charge is 2.24. The van der Waals surface area contributed by atoms with Gasteiger partial charge in [0.15, 0.2) is 0 Å². The van der Waals surface area contributed by atoms with Crippen molar-refractivity contribution in [3.05, 3.63) is 48.3 Å². The highest BCUT2D eigenvalue weighted by Crippen LogP contribution is 2.17. The van der Waals surface area contributed by atoms with Gasteiger partial charge in [-0.05, 0) is 42.0 Å². The summed E-state index contributed by atoms with van der Waals surface area (Å²) in [5.74, 6) is 0.407. The molecular weight excluding hydrogens is 308 g/mol. The Labute approximate surface area is 140 Å². The third kappa shape index (κ3) is 4.50. The molecule has 6 heteroatoms. The molecule has 1 N–H and O–H groups in total. The van der Waals surface area contributed by atoms with Gasteiger partial charge in [-0.15, -0.1) is 0 Å². The molecule has 0 saturated carbocycles.